The molecule has 0 unspecified atom stereocenters. The van der Waals surface area contributed by atoms with Gasteiger partial charge in [-0.25, -0.2) is 0 Å². The molecule has 0 saturated heterocycles. The van der Waals surface area contributed by atoms with Gasteiger partial charge in [-0.15, -0.1) is 11.3 Å². The number of nitrogens with one attached hydrogen (secondary N) is 1. The molecule has 0 saturated carbocycles. The topological polar surface area (TPSA) is 66.4 Å². The molecular weight excluding hydrogens is 226 g/mol. The molecule has 5 heteroatoms. The van der Waals surface area contributed by atoms with E-state index in [2.05, 4.69) is 5.32 Å². The highest BCUT2D eigenvalue weighted by molar-refractivity contribution is 7.09. The Morgan fingerprint density at radius 3 is 2.81 bits per heavy atom. The molecule has 1 rings (SSSR count). The second-order valence-electron chi connectivity index (χ2n) is 3.43. The summed E-state index contributed by atoms with van der Waals surface area (Å²) in [5.74, 6) is -0.927. The number of amides is 1. The minimum absolute atomic E-state index is 0.0539. The summed E-state index contributed by atoms with van der Waals surface area (Å²) in [7, 11) is 0. The van der Waals surface area contributed by atoms with Crippen LogP contribution < -0.4 is 5.32 Å². The van der Waals surface area contributed by atoms with E-state index in [1.165, 1.54) is 4.88 Å². The summed E-state index contributed by atoms with van der Waals surface area (Å²) in [6, 6.07) is 4.01. The van der Waals surface area contributed by atoms with Crippen molar-refractivity contribution in [3.8, 4) is 0 Å². The Morgan fingerprint density at radius 2 is 2.19 bits per heavy atom. The maximum absolute atomic E-state index is 11.3. The minimum Gasteiger partial charge on any atom is -0.481 e. The van der Waals surface area contributed by atoms with Crippen molar-refractivity contribution in [3.63, 3.8) is 0 Å². The largest absolute Gasteiger partial charge is 0.481 e. The van der Waals surface area contributed by atoms with E-state index in [4.69, 9.17) is 5.11 Å². The summed E-state index contributed by atoms with van der Waals surface area (Å²) in [4.78, 5) is 22.7. The SMILES string of the molecule is O=C(O)CCCC(=O)NCCc1cccs1. The van der Waals surface area contributed by atoms with Crippen LogP contribution in [0.4, 0.5) is 0 Å². The second-order valence-corrected chi connectivity index (χ2v) is 4.46. The zero-order valence-corrected chi connectivity index (χ0v) is 9.76. The van der Waals surface area contributed by atoms with Gasteiger partial charge in [-0.1, -0.05) is 6.07 Å². The average molecular weight is 241 g/mol. The zero-order valence-electron chi connectivity index (χ0n) is 8.94. The van der Waals surface area contributed by atoms with E-state index < -0.39 is 5.97 Å². The molecule has 0 aliphatic rings. The van der Waals surface area contributed by atoms with E-state index >= 15 is 0 Å². The summed E-state index contributed by atoms with van der Waals surface area (Å²) < 4.78 is 0. The molecule has 1 heterocycles. The van der Waals surface area contributed by atoms with Gasteiger partial charge in [0.2, 0.25) is 5.91 Å². The molecule has 1 aromatic rings. The van der Waals surface area contributed by atoms with Crippen molar-refractivity contribution in [2.24, 2.45) is 0 Å². The third-order valence-corrected chi connectivity index (χ3v) is 3.00. The number of thiophene rings is 1. The van der Waals surface area contributed by atoms with Crippen LogP contribution in [-0.4, -0.2) is 23.5 Å². The van der Waals surface area contributed by atoms with Gasteiger partial charge in [-0.2, -0.15) is 0 Å². The Hall–Kier alpha value is -1.36. The van der Waals surface area contributed by atoms with Crippen molar-refractivity contribution in [1.29, 1.82) is 0 Å². The van der Waals surface area contributed by atoms with Gasteiger partial charge in [-0.05, 0) is 24.3 Å². The summed E-state index contributed by atoms with van der Waals surface area (Å²) in [5, 5.41) is 13.2. The highest BCUT2D eigenvalue weighted by Crippen LogP contribution is 2.08. The molecular formula is C11H15NO3S. The lowest BCUT2D eigenvalue weighted by Gasteiger charge is -2.03. The van der Waals surface area contributed by atoms with Crippen molar-refractivity contribution < 1.29 is 14.7 Å². The Balaban J connectivity index is 2.04. The van der Waals surface area contributed by atoms with E-state index in [0.717, 1.165) is 6.42 Å². The smallest absolute Gasteiger partial charge is 0.303 e. The molecule has 0 aromatic carbocycles. The molecule has 0 bridgehead atoms. The van der Waals surface area contributed by atoms with Crippen LogP contribution in [-0.2, 0) is 16.0 Å². The number of carboxylic acid groups (broad SMARTS) is 1. The lowest BCUT2D eigenvalue weighted by atomic mass is 10.2. The van der Waals surface area contributed by atoms with Crippen LogP contribution in [0.15, 0.2) is 17.5 Å². The van der Waals surface area contributed by atoms with Gasteiger partial charge in [0.25, 0.3) is 0 Å². The maximum Gasteiger partial charge on any atom is 0.303 e. The summed E-state index contributed by atoms with van der Waals surface area (Å²) >= 11 is 1.67. The molecule has 0 aliphatic carbocycles. The molecule has 0 atom stereocenters. The molecule has 0 aliphatic heterocycles. The van der Waals surface area contributed by atoms with Crippen molar-refractivity contribution in [2.75, 3.05) is 6.54 Å². The van der Waals surface area contributed by atoms with Crippen LogP contribution in [0.1, 0.15) is 24.1 Å². The summed E-state index contributed by atoms with van der Waals surface area (Å²) in [6.07, 6.45) is 1.58. The molecule has 0 spiro atoms. The molecule has 1 amide bonds. The molecule has 0 radical (unpaired) electrons. The molecule has 4 nitrogen and oxygen atoms in total. The third-order valence-electron chi connectivity index (χ3n) is 2.07. The molecule has 2 N–H and O–H groups in total. The number of rotatable bonds is 7. The fourth-order valence-corrected chi connectivity index (χ4v) is 1.98. The highest BCUT2D eigenvalue weighted by Gasteiger charge is 2.03. The fourth-order valence-electron chi connectivity index (χ4n) is 1.27. The Morgan fingerprint density at radius 1 is 1.38 bits per heavy atom. The van der Waals surface area contributed by atoms with Crippen LogP contribution >= 0.6 is 11.3 Å². The average Bonchev–Trinajstić information content (AvgIpc) is 2.70. The predicted octanol–water partition coefficient (Wildman–Crippen LogP) is 1.66. The predicted molar refractivity (Wildman–Crippen MR) is 62.5 cm³/mol. The highest BCUT2D eigenvalue weighted by atomic mass is 32.1. The first kappa shape index (κ1) is 12.7. The van der Waals surface area contributed by atoms with E-state index in [9.17, 15) is 9.59 Å². The summed E-state index contributed by atoms with van der Waals surface area (Å²) in [5.41, 5.74) is 0. The van der Waals surface area contributed by atoms with Gasteiger partial charge in [0, 0.05) is 24.3 Å². The molecule has 1 aromatic heterocycles. The number of aliphatic carboxylic acids is 1. The number of hydrogen-bond donors (Lipinski definition) is 2. The first-order chi connectivity index (χ1) is 7.68. The van der Waals surface area contributed by atoms with E-state index in [1.807, 2.05) is 17.5 Å². The van der Waals surface area contributed by atoms with E-state index in [1.54, 1.807) is 11.3 Å². The van der Waals surface area contributed by atoms with Gasteiger partial charge in [0.1, 0.15) is 0 Å². The minimum atomic E-state index is -0.855. The van der Waals surface area contributed by atoms with Crippen LogP contribution in [0.2, 0.25) is 0 Å². The molecule has 16 heavy (non-hydrogen) atoms. The third kappa shape index (κ3) is 5.50. The van der Waals surface area contributed by atoms with Gasteiger partial charge in [0.05, 0.1) is 0 Å². The van der Waals surface area contributed by atoms with Crippen molar-refractivity contribution in [3.05, 3.63) is 22.4 Å². The Bertz CT molecular complexity index is 335. The lowest BCUT2D eigenvalue weighted by molar-refractivity contribution is -0.137. The molecule has 88 valence electrons. The maximum atomic E-state index is 11.3. The quantitative estimate of drug-likeness (QED) is 0.763. The normalized spacial score (nSPS) is 10.0. The number of carboxylic acids is 1. The van der Waals surface area contributed by atoms with Gasteiger partial charge in [-0.3, -0.25) is 9.59 Å². The first-order valence-electron chi connectivity index (χ1n) is 5.19. The first-order valence-corrected chi connectivity index (χ1v) is 6.07. The Labute approximate surface area is 98.3 Å². The number of carbonyl (C=O) groups excluding carboxylic acids is 1. The summed E-state index contributed by atoms with van der Waals surface area (Å²) in [6.45, 7) is 0.617. The number of hydrogen-bond acceptors (Lipinski definition) is 3. The van der Waals surface area contributed by atoms with Crippen molar-refractivity contribution >= 4 is 23.2 Å². The van der Waals surface area contributed by atoms with E-state index in [-0.39, 0.29) is 18.7 Å². The fraction of sp³-hybridized carbons (Fsp3) is 0.455. The van der Waals surface area contributed by atoms with Crippen molar-refractivity contribution in [1.82, 2.24) is 5.32 Å². The second kappa shape index (κ2) is 7.00. The lowest BCUT2D eigenvalue weighted by Crippen LogP contribution is -2.25. The molecule has 0 fully saturated rings. The monoisotopic (exact) mass is 241 g/mol. The number of carbonyl (C=O) groups is 2. The standard InChI is InChI=1S/C11H15NO3S/c13-10(4-1-5-11(14)15)12-7-6-9-3-2-8-16-9/h2-3,8H,1,4-7H2,(H,12,13)(H,14,15). The van der Waals surface area contributed by atoms with Crippen LogP contribution in [0.25, 0.3) is 0 Å². The van der Waals surface area contributed by atoms with Crippen LogP contribution in [0, 0.1) is 0 Å². The van der Waals surface area contributed by atoms with Crippen LogP contribution in [0.3, 0.4) is 0 Å². The van der Waals surface area contributed by atoms with E-state index in [0.29, 0.717) is 13.0 Å². The Kier molecular flexibility index (Phi) is 5.56. The van der Waals surface area contributed by atoms with Gasteiger partial charge < -0.3 is 10.4 Å². The van der Waals surface area contributed by atoms with Crippen molar-refractivity contribution in [2.45, 2.75) is 25.7 Å². The van der Waals surface area contributed by atoms with Gasteiger partial charge >= 0.3 is 5.97 Å². The zero-order chi connectivity index (χ0) is 11.8. The van der Waals surface area contributed by atoms with Gasteiger partial charge in [0.15, 0.2) is 0 Å². The van der Waals surface area contributed by atoms with Crippen LogP contribution in [0.5, 0.6) is 0 Å².